The van der Waals surface area contributed by atoms with Crippen LogP contribution in [0.5, 0.6) is 0 Å². The zero-order chi connectivity index (χ0) is 17.9. The number of hydrogen-bond acceptors (Lipinski definition) is 5. The minimum atomic E-state index is -3.82. The molecule has 2 N–H and O–H groups in total. The molecule has 1 aromatic rings. The fourth-order valence-electron chi connectivity index (χ4n) is 2.07. The Labute approximate surface area is 141 Å². The van der Waals surface area contributed by atoms with E-state index in [1.807, 2.05) is 6.07 Å². The quantitative estimate of drug-likeness (QED) is 0.705. The topological polar surface area (TPSA) is 102 Å². The van der Waals surface area contributed by atoms with Crippen molar-refractivity contribution in [3.8, 4) is 0 Å². The minimum absolute atomic E-state index is 0.120. The van der Waals surface area contributed by atoms with Crippen molar-refractivity contribution in [1.82, 2.24) is 10.0 Å². The van der Waals surface area contributed by atoms with Crippen molar-refractivity contribution in [2.24, 2.45) is 0 Å². The van der Waals surface area contributed by atoms with Gasteiger partial charge >= 0.3 is 5.97 Å². The number of nitrogens with one attached hydrogen (secondary N) is 2. The highest BCUT2D eigenvalue weighted by molar-refractivity contribution is 7.89. The van der Waals surface area contributed by atoms with Gasteiger partial charge in [-0.1, -0.05) is 12.1 Å². The molecule has 1 amide bonds. The molecule has 0 heterocycles. The normalized spacial score (nSPS) is 15.6. The molecule has 1 aromatic carbocycles. The van der Waals surface area contributed by atoms with Gasteiger partial charge in [-0.25, -0.2) is 8.42 Å². The minimum Gasteiger partial charge on any atom is -0.452 e. The third-order valence-electron chi connectivity index (χ3n) is 3.64. The Balaban J connectivity index is 1.90. The maximum absolute atomic E-state index is 12.3. The molecule has 0 unspecified atom stereocenters. The van der Waals surface area contributed by atoms with Gasteiger partial charge < -0.3 is 10.1 Å². The lowest BCUT2D eigenvalue weighted by atomic mass is 10.2. The summed E-state index contributed by atoms with van der Waals surface area (Å²) in [6.07, 6.45) is 0.910. The third kappa shape index (κ3) is 5.04. The van der Waals surface area contributed by atoms with Crippen LogP contribution >= 0.6 is 0 Å². The molecule has 1 saturated carbocycles. The first-order chi connectivity index (χ1) is 11.2. The summed E-state index contributed by atoms with van der Waals surface area (Å²) < 4.78 is 31.7. The van der Waals surface area contributed by atoms with Gasteiger partial charge in [0.1, 0.15) is 6.54 Å². The number of amides is 1. The van der Waals surface area contributed by atoms with Crippen molar-refractivity contribution < 1.29 is 22.7 Å². The molecule has 7 nitrogen and oxygen atoms in total. The van der Waals surface area contributed by atoms with Crippen LogP contribution < -0.4 is 10.0 Å². The molecule has 1 atom stereocenters. The molecular formula is C16H22N2O5S. The largest absolute Gasteiger partial charge is 0.452 e. The number of sulfonamides is 1. The van der Waals surface area contributed by atoms with Crippen molar-refractivity contribution in [3.63, 3.8) is 0 Å². The molecule has 0 saturated heterocycles. The highest BCUT2D eigenvalue weighted by Gasteiger charge is 2.27. The van der Waals surface area contributed by atoms with Gasteiger partial charge in [-0.2, -0.15) is 4.72 Å². The lowest BCUT2D eigenvalue weighted by Gasteiger charge is -2.14. The molecule has 0 radical (unpaired) electrons. The monoisotopic (exact) mass is 354 g/mol. The van der Waals surface area contributed by atoms with Crippen molar-refractivity contribution in [2.45, 2.75) is 50.7 Å². The zero-order valence-corrected chi connectivity index (χ0v) is 14.8. The van der Waals surface area contributed by atoms with Crippen LogP contribution in [-0.2, 0) is 24.3 Å². The lowest BCUT2D eigenvalue weighted by molar-refractivity contribution is -0.153. The van der Waals surface area contributed by atoms with E-state index in [1.54, 1.807) is 19.9 Å². The Bertz CT molecular complexity index is 741. The fraction of sp³-hybridized carbons (Fsp3) is 0.500. The first kappa shape index (κ1) is 18.4. The Morgan fingerprint density at radius 2 is 1.96 bits per heavy atom. The van der Waals surface area contributed by atoms with Crippen LogP contribution in [0.15, 0.2) is 23.1 Å². The highest BCUT2D eigenvalue weighted by atomic mass is 32.2. The number of benzene rings is 1. The van der Waals surface area contributed by atoms with Gasteiger partial charge in [-0.3, -0.25) is 9.59 Å². The van der Waals surface area contributed by atoms with E-state index < -0.39 is 28.6 Å². The SMILES string of the molecule is Cc1ccc(C)c(S(=O)(=O)NCC(=O)O[C@H](C)C(=O)NC2CC2)c1. The fourth-order valence-corrected chi connectivity index (χ4v) is 3.36. The summed E-state index contributed by atoms with van der Waals surface area (Å²) in [7, 11) is -3.82. The van der Waals surface area contributed by atoms with E-state index in [0.29, 0.717) is 5.56 Å². The molecule has 1 aliphatic rings. The summed E-state index contributed by atoms with van der Waals surface area (Å²) in [5.41, 5.74) is 1.38. The molecule has 24 heavy (non-hydrogen) atoms. The molecule has 132 valence electrons. The summed E-state index contributed by atoms with van der Waals surface area (Å²) in [6, 6.07) is 5.21. The Morgan fingerprint density at radius 1 is 1.29 bits per heavy atom. The second-order valence-electron chi connectivity index (χ2n) is 6.01. The molecule has 0 spiro atoms. The van der Waals surface area contributed by atoms with Crippen molar-refractivity contribution >= 4 is 21.9 Å². The van der Waals surface area contributed by atoms with E-state index in [2.05, 4.69) is 10.0 Å². The molecule has 1 fully saturated rings. The predicted octanol–water partition coefficient (Wildman–Crippen LogP) is 0.792. The maximum atomic E-state index is 12.3. The van der Waals surface area contributed by atoms with Crippen LogP contribution in [0.2, 0.25) is 0 Å². The second-order valence-corrected chi connectivity index (χ2v) is 7.74. The van der Waals surface area contributed by atoms with Crippen LogP contribution in [-0.4, -0.2) is 39.0 Å². The Hall–Kier alpha value is -1.93. The zero-order valence-electron chi connectivity index (χ0n) is 14.0. The number of hydrogen-bond donors (Lipinski definition) is 2. The average Bonchev–Trinajstić information content (AvgIpc) is 3.31. The summed E-state index contributed by atoms with van der Waals surface area (Å²) >= 11 is 0. The Morgan fingerprint density at radius 3 is 2.58 bits per heavy atom. The second kappa shape index (κ2) is 7.31. The van der Waals surface area contributed by atoms with E-state index in [0.717, 1.165) is 18.4 Å². The number of rotatable bonds is 7. The Kier molecular flexibility index (Phi) is 5.61. The number of esters is 1. The van der Waals surface area contributed by atoms with Crippen molar-refractivity contribution in [3.05, 3.63) is 29.3 Å². The van der Waals surface area contributed by atoms with Gasteiger partial charge in [-0.05, 0) is 50.8 Å². The van der Waals surface area contributed by atoms with Crippen LogP contribution in [0.25, 0.3) is 0 Å². The van der Waals surface area contributed by atoms with Gasteiger partial charge in [-0.15, -0.1) is 0 Å². The van der Waals surface area contributed by atoms with E-state index in [9.17, 15) is 18.0 Å². The summed E-state index contributed by atoms with van der Waals surface area (Å²) in [5, 5.41) is 2.72. The first-order valence-corrected chi connectivity index (χ1v) is 9.24. The summed E-state index contributed by atoms with van der Waals surface area (Å²) in [4.78, 5) is 23.6. The van der Waals surface area contributed by atoms with Crippen LogP contribution in [0.3, 0.4) is 0 Å². The summed E-state index contributed by atoms with van der Waals surface area (Å²) in [6.45, 7) is 4.38. The third-order valence-corrected chi connectivity index (χ3v) is 5.18. The molecule has 8 heteroatoms. The number of carbonyl (C=O) groups is 2. The van der Waals surface area contributed by atoms with Crippen LogP contribution in [0.4, 0.5) is 0 Å². The van der Waals surface area contributed by atoms with Gasteiger partial charge in [0.15, 0.2) is 6.10 Å². The van der Waals surface area contributed by atoms with Crippen molar-refractivity contribution in [2.75, 3.05) is 6.54 Å². The molecule has 0 aromatic heterocycles. The lowest BCUT2D eigenvalue weighted by Crippen LogP contribution is -2.39. The molecular weight excluding hydrogens is 332 g/mol. The number of ether oxygens (including phenoxy) is 1. The molecule has 0 aliphatic heterocycles. The summed E-state index contributed by atoms with van der Waals surface area (Å²) in [5.74, 6) is -1.18. The first-order valence-electron chi connectivity index (χ1n) is 7.76. The number of carbonyl (C=O) groups excluding carboxylic acids is 2. The average molecular weight is 354 g/mol. The van der Waals surface area contributed by atoms with Crippen molar-refractivity contribution in [1.29, 1.82) is 0 Å². The van der Waals surface area contributed by atoms with Gasteiger partial charge in [0.25, 0.3) is 5.91 Å². The standard InChI is InChI=1S/C16H22N2O5S/c1-10-4-5-11(2)14(8-10)24(21,22)17-9-15(19)23-12(3)16(20)18-13-6-7-13/h4-5,8,12-13,17H,6-7,9H2,1-3H3,(H,18,20)/t12-/m1/s1. The number of aryl methyl sites for hydroxylation is 2. The van der Waals surface area contributed by atoms with Gasteiger partial charge in [0.05, 0.1) is 4.90 Å². The van der Waals surface area contributed by atoms with Gasteiger partial charge in [0.2, 0.25) is 10.0 Å². The van der Waals surface area contributed by atoms with E-state index >= 15 is 0 Å². The smallest absolute Gasteiger partial charge is 0.321 e. The molecule has 2 rings (SSSR count). The van der Waals surface area contributed by atoms with E-state index in [4.69, 9.17) is 4.74 Å². The highest BCUT2D eigenvalue weighted by Crippen LogP contribution is 2.19. The van der Waals surface area contributed by atoms with E-state index in [1.165, 1.54) is 13.0 Å². The maximum Gasteiger partial charge on any atom is 0.321 e. The van der Waals surface area contributed by atoms with Crippen LogP contribution in [0, 0.1) is 13.8 Å². The molecule has 0 bridgehead atoms. The van der Waals surface area contributed by atoms with E-state index in [-0.39, 0.29) is 16.8 Å². The van der Waals surface area contributed by atoms with Crippen LogP contribution in [0.1, 0.15) is 30.9 Å². The molecule has 1 aliphatic carbocycles. The predicted molar refractivity (Wildman–Crippen MR) is 87.8 cm³/mol. The van der Waals surface area contributed by atoms with Gasteiger partial charge in [0, 0.05) is 6.04 Å².